The molecule has 1 saturated heterocycles. The summed E-state index contributed by atoms with van der Waals surface area (Å²) in [6, 6.07) is 15.0. The zero-order chi connectivity index (χ0) is 26.0. The van der Waals surface area contributed by atoms with Gasteiger partial charge in [-0.05, 0) is 67.1 Å². The molecule has 0 radical (unpaired) electrons. The Morgan fingerprint density at radius 2 is 1.89 bits per heavy atom. The average molecular weight is 489 g/mol. The lowest BCUT2D eigenvalue weighted by molar-refractivity contribution is 0.0794. The molecule has 0 aliphatic carbocycles. The van der Waals surface area contributed by atoms with Crippen LogP contribution >= 0.6 is 0 Å². The molecule has 3 aromatic carbocycles. The topological polar surface area (TPSA) is 106 Å². The number of rotatable bonds is 5. The number of benzene rings is 3. The maximum atomic E-state index is 14.1. The van der Waals surface area contributed by atoms with E-state index in [0.717, 1.165) is 6.07 Å². The number of hydrogen-bond acceptors (Lipinski definition) is 6. The molecular formula is C28H26F2N4O2. The molecule has 6 nitrogen and oxygen atoms in total. The summed E-state index contributed by atoms with van der Waals surface area (Å²) >= 11 is 0. The number of aromatic hydroxyl groups is 1. The number of para-hydroxylation sites is 1. The monoisotopic (exact) mass is 488 g/mol. The van der Waals surface area contributed by atoms with Gasteiger partial charge in [0.25, 0.3) is 0 Å². The summed E-state index contributed by atoms with van der Waals surface area (Å²) in [5.74, 6) is -1.57. The third-order valence-corrected chi connectivity index (χ3v) is 6.49. The van der Waals surface area contributed by atoms with E-state index in [2.05, 4.69) is 11.7 Å². The van der Waals surface area contributed by atoms with Crippen LogP contribution in [0.2, 0.25) is 0 Å². The highest BCUT2D eigenvalue weighted by Gasteiger charge is 2.29. The van der Waals surface area contributed by atoms with Crippen molar-refractivity contribution in [3.63, 3.8) is 0 Å². The normalized spacial score (nSPS) is 18.4. The first-order chi connectivity index (χ1) is 17.2. The van der Waals surface area contributed by atoms with Crippen LogP contribution in [-0.4, -0.2) is 47.1 Å². The standard InChI is InChI=1S/C28H26F2N4O2/c1-16(19-10-20(29)13-21(30)11-19)27(34-9-8-24(32)26(35)15-34)23-12-17(6-7-25(23)33-2)22-5-3-4-18(14-31)28(22)36/h3-7,10-13,24,26,35-36H,2,8-9,15,32H2,1H3/b27-16-/t24-,26+/m1/s1. The van der Waals surface area contributed by atoms with E-state index in [4.69, 9.17) is 5.73 Å². The summed E-state index contributed by atoms with van der Waals surface area (Å²) in [7, 11) is 0. The molecule has 0 saturated carbocycles. The summed E-state index contributed by atoms with van der Waals surface area (Å²) in [6.45, 7) is 6.14. The highest BCUT2D eigenvalue weighted by atomic mass is 19.1. The Labute approximate surface area is 208 Å². The van der Waals surface area contributed by atoms with Crippen LogP contribution in [0.1, 0.15) is 30.0 Å². The molecule has 184 valence electrons. The van der Waals surface area contributed by atoms with Gasteiger partial charge in [-0.2, -0.15) is 5.26 Å². The van der Waals surface area contributed by atoms with Gasteiger partial charge in [-0.15, -0.1) is 0 Å². The van der Waals surface area contributed by atoms with Crippen molar-refractivity contribution < 1.29 is 19.0 Å². The van der Waals surface area contributed by atoms with E-state index in [1.54, 1.807) is 37.3 Å². The number of aliphatic imine (C=N–C) groups is 1. The molecule has 0 spiro atoms. The molecule has 0 aromatic heterocycles. The number of β-amino-alcohol motifs (C(OH)–C–C–N with tert-alkyl or cyclic N) is 1. The van der Waals surface area contributed by atoms with Gasteiger partial charge in [0.1, 0.15) is 23.5 Å². The second-order valence-electron chi connectivity index (χ2n) is 8.80. The van der Waals surface area contributed by atoms with Crippen molar-refractivity contribution in [2.45, 2.75) is 25.5 Å². The number of halogens is 2. The lowest BCUT2D eigenvalue weighted by Crippen LogP contribution is -2.49. The summed E-state index contributed by atoms with van der Waals surface area (Å²) in [4.78, 5) is 6.08. The molecule has 2 atom stereocenters. The second-order valence-corrected chi connectivity index (χ2v) is 8.80. The van der Waals surface area contributed by atoms with E-state index >= 15 is 0 Å². The van der Waals surface area contributed by atoms with Gasteiger partial charge in [0.05, 0.1) is 17.4 Å². The van der Waals surface area contributed by atoms with Crippen molar-refractivity contribution in [3.8, 4) is 22.9 Å². The largest absolute Gasteiger partial charge is 0.506 e. The number of phenolic OH excluding ortho intramolecular Hbond substituents is 1. The van der Waals surface area contributed by atoms with Crippen molar-refractivity contribution in [2.75, 3.05) is 13.1 Å². The molecule has 4 N–H and O–H groups in total. The number of nitrogens with zero attached hydrogens (tertiary/aromatic N) is 3. The lowest BCUT2D eigenvalue weighted by atomic mass is 9.92. The SMILES string of the molecule is C=Nc1ccc(-c2cccc(C#N)c2O)cc1/C(=C(\C)c1cc(F)cc(F)c1)N1CC[C@@H](N)[C@@H](O)C1. The smallest absolute Gasteiger partial charge is 0.141 e. The highest BCUT2D eigenvalue weighted by Crippen LogP contribution is 2.40. The number of likely N-dealkylation sites (tertiary alicyclic amines) is 1. The lowest BCUT2D eigenvalue weighted by Gasteiger charge is -2.38. The predicted molar refractivity (Wildman–Crippen MR) is 136 cm³/mol. The molecule has 36 heavy (non-hydrogen) atoms. The Kier molecular flexibility index (Phi) is 7.15. The van der Waals surface area contributed by atoms with Crippen molar-refractivity contribution in [1.82, 2.24) is 4.90 Å². The number of allylic oxidation sites excluding steroid dienone is 1. The molecule has 1 fully saturated rings. The number of phenols is 1. The quantitative estimate of drug-likeness (QED) is 0.353. The van der Waals surface area contributed by atoms with E-state index in [1.165, 1.54) is 18.2 Å². The van der Waals surface area contributed by atoms with Gasteiger partial charge in [0.2, 0.25) is 0 Å². The molecule has 0 bridgehead atoms. The summed E-state index contributed by atoms with van der Waals surface area (Å²) in [5.41, 5.74) is 9.82. The number of aliphatic hydroxyl groups excluding tert-OH is 1. The Morgan fingerprint density at radius 1 is 1.17 bits per heavy atom. The minimum Gasteiger partial charge on any atom is -0.506 e. The zero-order valence-electron chi connectivity index (χ0n) is 19.7. The molecule has 0 unspecified atom stereocenters. The first-order valence-corrected chi connectivity index (χ1v) is 11.4. The van der Waals surface area contributed by atoms with Gasteiger partial charge in [-0.25, -0.2) is 8.78 Å². The van der Waals surface area contributed by atoms with Crippen LogP contribution in [0.5, 0.6) is 5.75 Å². The van der Waals surface area contributed by atoms with E-state index in [0.29, 0.717) is 52.2 Å². The van der Waals surface area contributed by atoms with Crippen LogP contribution in [-0.2, 0) is 0 Å². The van der Waals surface area contributed by atoms with Gasteiger partial charge in [-0.3, -0.25) is 4.99 Å². The third-order valence-electron chi connectivity index (χ3n) is 6.49. The summed E-state index contributed by atoms with van der Waals surface area (Å²) < 4.78 is 28.3. The van der Waals surface area contributed by atoms with Crippen LogP contribution < -0.4 is 5.73 Å². The Balaban J connectivity index is 1.97. The van der Waals surface area contributed by atoms with Gasteiger partial charge in [0.15, 0.2) is 0 Å². The first kappa shape index (κ1) is 25.0. The van der Waals surface area contributed by atoms with E-state index in [-0.39, 0.29) is 23.9 Å². The fourth-order valence-corrected chi connectivity index (χ4v) is 4.57. The second kappa shape index (κ2) is 10.3. The molecule has 0 amide bonds. The number of nitriles is 1. The van der Waals surface area contributed by atoms with Crippen molar-refractivity contribution in [2.24, 2.45) is 10.7 Å². The molecule has 3 aromatic rings. The predicted octanol–water partition coefficient (Wildman–Crippen LogP) is 4.82. The molecule has 1 aliphatic rings. The van der Waals surface area contributed by atoms with Crippen LogP contribution in [0.15, 0.2) is 59.6 Å². The molecular weight excluding hydrogens is 462 g/mol. The van der Waals surface area contributed by atoms with Crippen molar-refractivity contribution in [1.29, 1.82) is 5.26 Å². The molecule has 1 heterocycles. The minimum atomic E-state index is -0.800. The maximum Gasteiger partial charge on any atom is 0.141 e. The number of aliphatic hydroxyl groups is 1. The number of nitrogens with two attached hydrogens (primary N) is 1. The zero-order valence-corrected chi connectivity index (χ0v) is 19.7. The van der Waals surface area contributed by atoms with Gasteiger partial charge in [0, 0.05) is 42.0 Å². The molecule has 8 heteroatoms. The van der Waals surface area contributed by atoms with Crippen LogP contribution in [0.4, 0.5) is 14.5 Å². The number of hydrogen-bond donors (Lipinski definition) is 3. The van der Waals surface area contributed by atoms with Gasteiger partial charge < -0.3 is 20.8 Å². The summed E-state index contributed by atoms with van der Waals surface area (Å²) in [5, 5.41) is 30.5. The van der Waals surface area contributed by atoms with Crippen LogP contribution in [0.25, 0.3) is 22.4 Å². The maximum absolute atomic E-state index is 14.1. The first-order valence-electron chi connectivity index (χ1n) is 11.4. The molecule has 1 aliphatic heterocycles. The highest BCUT2D eigenvalue weighted by molar-refractivity contribution is 5.94. The van der Waals surface area contributed by atoms with Crippen molar-refractivity contribution in [3.05, 3.63) is 82.9 Å². The summed E-state index contributed by atoms with van der Waals surface area (Å²) in [6.07, 6.45) is -0.290. The van der Waals surface area contributed by atoms with E-state index in [1.807, 2.05) is 11.0 Å². The fourth-order valence-electron chi connectivity index (χ4n) is 4.57. The third kappa shape index (κ3) is 4.85. The average Bonchev–Trinajstić information content (AvgIpc) is 2.85. The Morgan fingerprint density at radius 3 is 2.53 bits per heavy atom. The minimum absolute atomic E-state index is 0.135. The van der Waals surface area contributed by atoms with Crippen LogP contribution in [0.3, 0.4) is 0 Å². The van der Waals surface area contributed by atoms with Gasteiger partial charge in [-0.1, -0.05) is 18.2 Å². The van der Waals surface area contributed by atoms with E-state index in [9.17, 15) is 24.3 Å². The van der Waals surface area contributed by atoms with E-state index < -0.39 is 17.7 Å². The number of piperidine rings is 1. The van der Waals surface area contributed by atoms with Gasteiger partial charge >= 0.3 is 0 Å². The van der Waals surface area contributed by atoms with Crippen molar-refractivity contribution >= 4 is 23.7 Å². The van der Waals surface area contributed by atoms with Crippen LogP contribution in [0, 0.1) is 23.0 Å². The Hall–Kier alpha value is -4.06. The Bertz CT molecular complexity index is 1380. The fraction of sp³-hybridized carbons (Fsp3) is 0.214. The molecule has 4 rings (SSSR count).